The van der Waals surface area contributed by atoms with Gasteiger partial charge >= 0.3 is 12.1 Å². The molecule has 25 heavy (non-hydrogen) atoms. The third-order valence-corrected chi connectivity index (χ3v) is 4.35. The number of carbonyl (C=O) groups excluding carboxylic acids is 2. The molecule has 138 valence electrons. The van der Waals surface area contributed by atoms with Crippen molar-refractivity contribution < 1.29 is 18.7 Å². The van der Waals surface area contributed by atoms with Gasteiger partial charge in [0.25, 0.3) is 0 Å². The molecule has 1 heterocycles. The van der Waals surface area contributed by atoms with Crippen LogP contribution in [0.15, 0.2) is 22.7 Å². The first-order valence-corrected chi connectivity index (χ1v) is 8.87. The zero-order valence-corrected chi connectivity index (χ0v) is 16.4. The van der Waals surface area contributed by atoms with E-state index < -0.39 is 11.4 Å². The minimum atomic E-state index is -0.555. The molecule has 1 atom stereocenters. The fourth-order valence-electron chi connectivity index (χ4n) is 2.52. The summed E-state index contributed by atoms with van der Waals surface area (Å²) in [6.07, 6.45) is -0.380. The second-order valence-corrected chi connectivity index (χ2v) is 7.88. The lowest BCUT2D eigenvalue weighted by atomic mass is 10.2. The van der Waals surface area contributed by atoms with E-state index in [1.807, 2.05) is 27.7 Å². The first kappa shape index (κ1) is 19.5. The molecule has 8 heteroatoms. The minimum absolute atomic E-state index is 0.179. The Morgan fingerprint density at radius 3 is 2.56 bits per heavy atom. The normalized spacial score (nSPS) is 18.1. The summed E-state index contributed by atoms with van der Waals surface area (Å²) in [5.74, 6) is -0.444. The Morgan fingerprint density at radius 2 is 2.00 bits per heavy atom. The van der Waals surface area contributed by atoms with Crippen LogP contribution in [0.1, 0.15) is 27.7 Å². The molecule has 1 aromatic carbocycles. The van der Waals surface area contributed by atoms with Crippen molar-refractivity contribution >= 4 is 33.7 Å². The summed E-state index contributed by atoms with van der Waals surface area (Å²) >= 11 is 3.08. The van der Waals surface area contributed by atoms with Gasteiger partial charge in [-0.3, -0.25) is 0 Å². The number of nitrogens with zero attached hydrogens (tertiary/aromatic N) is 2. The predicted molar refractivity (Wildman–Crippen MR) is 97.1 cm³/mol. The summed E-state index contributed by atoms with van der Waals surface area (Å²) in [5, 5.41) is 2.68. The van der Waals surface area contributed by atoms with Crippen LogP contribution < -0.4 is 5.32 Å². The molecule has 1 aliphatic rings. The van der Waals surface area contributed by atoms with Crippen LogP contribution in [0.2, 0.25) is 0 Å². The van der Waals surface area contributed by atoms with E-state index in [0.717, 1.165) is 0 Å². The molecular weight excluding hydrogens is 393 g/mol. The number of amides is 3. The fourth-order valence-corrected chi connectivity index (χ4v) is 2.77. The van der Waals surface area contributed by atoms with Crippen LogP contribution in [0.25, 0.3) is 0 Å². The van der Waals surface area contributed by atoms with Crippen LogP contribution in [0.5, 0.6) is 0 Å². The number of piperazine rings is 1. The van der Waals surface area contributed by atoms with E-state index in [1.165, 1.54) is 12.1 Å². The molecule has 1 saturated heterocycles. The first-order chi connectivity index (χ1) is 11.6. The minimum Gasteiger partial charge on any atom is -0.444 e. The van der Waals surface area contributed by atoms with Crippen LogP contribution in [0, 0.1) is 5.82 Å². The van der Waals surface area contributed by atoms with Crippen LogP contribution >= 0.6 is 15.9 Å². The van der Waals surface area contributed by atoms with Gasteiger partial charge in [-0.1, -0.05) is 0 Å². The summed E-state index contributed by atoms with van der Waals surface area (Å²) < 4.78 is 19.3. The van der Waals surface area contributed by atoms with Crippen molar-refractivity contribution in [2.75, 3.05) is 25.0 Å². The lowest BCUT2D eigenvalue weighted by Crippen LogP contribution is -2.57. The third kappa shape index (κ3) is 5.32. The number of carbonyl (C=O) groups is 2. The summed E-state index contributed by atoms with van der Waals surface area (Å²) in [6, 6.07) is 3.91. The van der Waals surface area contributed by atoms with Gasteiger partial charge in [0, 0.05) is 31.4 Å². The van der Waals surface area contributed by atoms with Crippen molar-refractivity contribution in [3.05, 3.63) is 28.5 Å². The van der Waals surface area contributed by atoms with E-state index in [2.05, 4.69) is 21.2 Å². The van der Waals surface area contributed by atoms with Crippen LogP contribution in [-0.4, -0.2) is 53.2 Å². The number of ether oxygens (including phenoxy) is 1. The molecule has 1 aromatic rings. The maximum atomic E-state index is 13.6. The molecule has 0 unspecified atom stereocenters. The number of anilines is 1. The largest absolute Gasteiger partial charge is 0.444 e. The van der Waals surface area contributed by atoms with E-state index in [1.54, 1.807) is 15.9 Å². The van der Waals surface area contributed by atoms with Crippen molar-refractivity contribution in [3.8, 4) is 0 Å². The van der Waals surface area contributed by atoms with Gasteiger partial charge in [-0.15, -0.1) is 0 Å². The predicted octanol–water partition coefficient (Wildman–Crippen LogP) is 4.06. The standard InChI is InChI=1S/C17H23BrFN3O3/c1-11-10-21(16(24)25-17(2,3)4)7-8-22(11)15(23)20-12-5-6-13(18)14(19)9-12/h5-6,9,11H,7-8,10H2,1-4H3,(H,20,23)/t11-/m0/s1. The molecule has 1 aliphatic heterocycles. The van der Waals surface area contributed by atoms with Gasteiger partial charge in [-0.25, -0.2) is 14.0 Å². The smallest absolute Gasteiger partial charge is 0.410 e. The summed E-state index contributed by atoms with van der Waals surface area (Å²) in [7, 11) is 0. The number of hydrogen-bond donors (Lipinski definition) is 1. The van der Waals surface area contributed by atoms with Crippen LogP contribution in [-0.2, 0) is 4.74 Å². The van der Waals surface area contributed by atoms with Crippen LogP contribution in [0.4, 0.5) is 19.7 Å². The second kappa shape index (κ2) is 7.59. The number of halogens is 2. The molecule has 0 aromatic heterocycles. The molecule has 1 N–H and O–H groups in total. The van der Waals surface area contributed by atoms with Crippen LogP contribution in [0.3, 0.4) is 0 Å². The molecule has 0 radical (unpaired) electrons. The zero-order chi connectivity index (χ0) is 18.8. The summed E-state index contributed by atoms with van der Waals surface area (Å²) in [5.41, 5.74) is -0.173. The average molecular weight is 416 g/mol. The van der Waals surface area contributed by atoms with E-state index in [-0.39, 0.29) is 18.2 Å². The van der Waals surface area contributed by atoms with Crippen molar-refractivity contribution in [1.29, 1.82) is 0 Å². The number of hydrogen-bond acceptors (Lipinski definition) is 3. The van der Waals surface area contributed by atoms with Gasteiger partial charge in [0.1, 0.15) is 11.4 Å². The molecule has 0 spiro atoms. The summed E-state index contributed by atoms with van der Waals surface area (Å²) in [6.45, 7) is 8.46. The lowest BCUT2D eigenvalue weighted by Gasteiger charge is -2.40. The summed E-state index contributed by atoms with van der Waals surface area (Å²) in [4.78, 5) is 27.8. The topological polar surface area (TPSA) is 61.9 Å². The molecule has 2 rings (SSSR count). The zero-order valence-electron chi connectivity index (χ0n) is 14.8. The van der Waals surface area contributed by atoms with Gasteiger partial charge < -0.3 is 19.9 Å². The quantitative estimate of drug-likeness (QED) is 0.751. The van der Waals surface area contributed by atoms with E-state index in [0.29, 0.717) is 29.8 Å². The van der Waals surface area contributed by atoms with Gasteiger partial charge in [0.05, 0.1) is 4.47 Å². The Morgan fingerprint density at radius 1 is 1.32 bits per heavy atom. The Balaban J connectivity index is 1.95. The highest BCUT2D eigenvalue weighted by Gasteiger charge is 2.32. The van der Waals surface area contributed by atoms with Crippen molar-refractivity contribution in [2.45, 2.75) is 39.3 Å². The second-order valence-electron chi connectivity index (χ2n) is 7.03. The number of benzene rings is 1. The van der Waals surface area contributed by atoms with Gasteiger partial charge in [0.2, 0.25) is 0 Å². The van der Waals surface area contributed by atoms with Gasteiger partial charge in [-0.2, -0.15) is 0 Å². The molecule has 1 fully saturated rings. The molecular formula is C17H23BrFN3O3. The first-order valence-electron chi connectivity index (χ1n) is 8.07. The molecule has 0 aliphatic carbocycles. The highest BCUT2D eigenvalue weighted by molar-refractivity contribution is 9.10. The molecule has 0 bridgehead atoms. The molecule has 3 amide bonds. The third-order valence-electron chi connectivity index (χ3n) is 3.71. The highest BCUT2D eigenvalue weighted by atomic mass is 79.9. The Bertz CT molecular complexity index is 663. The van der Waals surface area contributed by atoms with Gasteiger partial charge in [-0.05, 0) is 61.8 Å². The maximum absolute atomic E-state index is 13.6. The maximum Gasteiger partial charge on any atom is 0.410 e. The van der Waals surface area contributed by atoms with E-state index >= 15 is 0 Å². The Labute approximate surface area is 155 Å². The van der Waals surface area contributed by atoms with Crippen molar-refractivity contribution in [3.63, 3.8) is 0 Å². The number of nitrogens with one attached hydrogen (secondary N) is 1. The fraction of sp³-hybridized carbons (Fsp3) is 0.529. The van der Waals surface area contributed by atoms with Crippen molar-refractivity contribution in [1.82, 2.24) is 9.80 Å². The number of urea groups is 1. The van der Waals surface area contributed by atoms with Gasteiger partial charge in [0.15, 0.2) is 0 Å². The highest BCUT2D eigenvalue weighted by Crippen LogP contribution is 2.21. The van der Waals surface area contributed by atoms with E-state index in [9.17, 15) is 14.0 Å². The Hall–Kier alpha value is -1.83. The van der Waals surface area contributed by atoms with Crippen molar-refractivity contribution in [2.24, 2.45) is 0 Å². The number of rotatable bonds is 1. The average Bonchev–Trinajstić information content (AvgIpc) is 2.49. The monoisotopic (exact) mass is 415 g/mol. The van der Waals surface area contributed by atoms with E-state index in [4.69, 9.17) is 4.74 Å². The molecule has 6 nitrogen and oxygen atoms in total. The SMILES string of the molecule is C[C@H]1CN(C(=O)OC(C)(C)C)CCN1C(=O)Nc1ccc(Br)c(F)c1. The molecule has 0 saturated carbocycles. The lowest BCUT2D eigenvalue weighted by molar-refractivity contribution is 0.0112. The Kier molecular flexibility index (Phi) is 5.92.